The lowest BCUT2D eigenvalue weighted by atomic mass is 10.1. The first-order valence-corrected chi connectivity index (χ1v) is 8.57. The Labute approximate surface area is 119 Å². The van der Waals surface area contributed by atoms with Crippen LogP contribution in [-0.2, 0) is 14.6 Å². The maximum absolute atomic E-state index is 12.5. The van der Waals surface area contributed by atoms with Crippen LogP contribution in [0.1, 0.15) is 12.5 Å². The molecule has 1 heterocycles. The van der Waals surface area contributed by atoms with Gasteiger partial charge in [0.25, 0.3) is 0 Å². The second-order valence-corrected chi connectivity index (χ2v) is 7.68. The molecule has 2 aliphatic rings. The number of benzene rings is 1. The minimum atomic E-state index is -2.94. The lowest BCUT2D eigenvalue weighted by molar-refractivity contribution is -0.131. The van der Waals surface area contributed by atoms with E-state index in [4.69, 9.17) is 0 Å². The molecule has 106 valence electrons. The second-order valence-electron chi connectivity index (χ2n) is 5.37. The molecule has 0 spiro atoms. The van der Waals surface area contributed by atoms with Crippen molar-refractivity contribution in [1.29, 1.82) is 0 Å². The molecule has 1 aliphatic heterocycles. The van der Waals surface area contributed by atoms with Crippen molar-refractivity contribution in [3.05, 3.63) is 41.5 Å². The Kier molecular flexibility index (Phi) is 3.17. The number of hydrogen-bond donors (Lipinski definition) is 0. The van der Waals surface area contributed by atoms with Gasteiger partial charge in [-0.2, -0.15) is 0 Å². The van der Waals surface area contributed by atoms with Gasteiger partial charge in [-0.3, -0.25) is 4.79 Å². The van der Waals surface area contributed by atoms with Crippen molar-refractivity contribution in [3.63, 3.8) is 0 Å². The van der Waals surface area contributed by atoms with Gasteiger partial charge in [0.15, 0.2) is 9.84 Å². The smallest absolute Gasteiger partial charge is 0.234 e. The van der Waals surface area contributed by atoms with Crippen LogP contribution in [0.3, 0.4) is 0 Å². The van der Waals surface area contributed by atoms with Gasteiger partial charge in [0.05, 0.1) is 17.4 Å². The molecular weight excluding hydrogens is 274 g/mol. The molecule has 0 radical (unpaired) electrons. The van der Waals surface area contributed by atoms with Crippen molar-refractivity contribution in [2.45, 2.75) is 6.92 Å². The van der Waals surface area contributed by atoms with Crippen LogP contribution in [0, 0.1) is 5.92 Å². The largest absolute Gasteiger partial charge is 0.340 e. The summed E-state index contributed by atoms with van der Waals surface area (Å²) in [5, 5.41) is 0. The van der Waals surface area contributed by atoms with Gasteiger partial charge in [0.1, 0.15) is 0 Å². The van der Waals surface area contributed by atoms with Crippen LogP contribution in [0.2, 0.25) is 0 Å². The second kappa shape index (κ2) is 4.74. The molecule has 1 aromatic rings. The topological polar surface area (TPSA) is 54.5 Å². The van der Waals surface area contributed by atoms with Crippen molar-refractivity contribution in [2.75, 3.05) is 24.6 Å². The normalized spacial score (nSPS) is 24.6. The third-order valence-electron chi connectivity index (χ3n) is 4.05. The molecule has 0 N–H and O–H groups in total. The summed E-state index contributed by atoms with van der Waals surface area (Å²) < 4.78 is 22.8. The Morgan fingerprint density at radius 1 is 1.15 bits per heavy atom. The molecule has 20 heavy (non-hydrogen) atoms. The maximum atomic E-state index is 12.5. The number of hydrogen-bond acceptors (Lipinski definition) is 3. The average Bonchev–Trinajstić information content (AvgIpc) is 3.10. The van der Waals surface area contributed by atoms with Crippen LogP contribution < -0.4 is 0 Å². The fourth-order valence-electron chi connectivity index (χ4n) is 2.77. The highest BCUT2D eigenvalue weighted by Crippen LogP contribution is 2.47. The molecule has 0 bridgehead atoms. The SMILES string of the molecule is CC1=C(c2ccccc2)C1C(=O)N1CCS(=O)(=O)CC1. The van der Waals surface area contributed by atoms with E-state index in [-0.39, 0.29) is 23.3 Å². The molecule has 1 fully saturated rings. The highest BCUT2D eigenvalue weighted by molar-refractivity contribution is 7.91. The average molecular weight is 291 g/mol. The van der Waals surface area contributed by atoms with E-state index in [1.165, 1.54) is 0 Å². The minimum absolute atomic E-state index is 0.0521. The first-order valence-electron chi connectivity index (χ1n) is 6.75. The molecule has 0 aromatic heterocycles. The molecule has 0 saturated carbocycles. The van der Waals surface area contributed by atoms with E-state index in [0.29, 0.717) is 13.1 Å². The lowest BCUT2D eigenvalue weighted by Gasteiger charge is -2.27. The van der Waals surface area contributed by atoms with Gasteiger partial charge >= 0.3 is 0 Å². The molecule has 5 heteroatoms. The van der Waals surface area contributed by atoms with E-state index in [0.717, 1.165) is 16.7 Å². The van der Waals surface area contributed by atoms with Crippen LogP contribution in [-0.4, -0.2) is 43.8 Å². The first kappa shape index (κ1) is 13.4. The van der Waals surface area contributed by atoms with Gasteiger partial charge in [0, 0.05) is 13.1 Å². The Morgan fingerprint density at radius 2 is 1.75 bits per heavy atom. The zero-order valence-electron chi connectivity index (χ0n) is 11.4. The Hall–Kier alpha value is -1.62. The van der Waals surface area contributed by atoms with Crippen LogP contribution in [0.5, 0.6) is 0 Å². The van der Waals surface area contributed by atoms with Gasteiger partial charge < -0.3 is 4.90 Å². The zero-order valence-corrected chi connectivity index (χ0v) is 12.2. The molecule has 1 amide bonds. The molecule has 1 aliphatic carbocycles. The number of carbonyl (C=O) groups is 1. The number of sulfone groups is 1. The molecule has 1 atom stereocenters. The summed E-state index contributed by atoms with van der Waals surface area (Å²) in [5.74, 6) is 0.0885. The fourth-order valence-corrected chi connectivity index (χ4v) is 3.97. The van der Waals surface area contributed by atoms with Crippen molar-refractivity contribution in [2.24, 2.45) is 5.92 Å². The minimum Gasteiger partial charge on any atom is -0.340 e. The van der Waals surface area contributed by atoms with Crippen LogP contribution in [0.25, 0.3) is 5.57 Å². The number of amides is 1. The Balaban J connectivity index is 1.69. The molecule has 3 rings (SSSR count). The lowest BCUT2D eigenvalue weighted by Crippen LogP contribution is -2.44. The van der Waals surface area contributed by atoms with E-state index in [1.54, 1.807) is 4.90 Å². The van der Waals surface area contributed by atoms with Crippen molar-refractivity contribution >= 4 is 21.3 Å². The molecular formula is C15H17NO3S. The van der Waals surface area contributed by atoms with E-state index in [1.807, 2.05) is 37.3 Å². The summed E-state index contributed by atoms with van der Waals surface area (Å²) in [7, 11) is -2.94. The van der Waals surface area contributed by atoms with Crippen molar-refractivity contribution < 1.29 is 13.2 Å². The third kappa shape index (κ3) is 2.38. The van der Waals surface area contributed by atoms with E-state index >= 15 is 0 Å². The van der Waals surface area contributed by atoms with Gasteiger partial charge in [-0.25, -0.2) is 8.42 Å². The van der Waals surface area contributed by atoms with E-state index in [9.17, 15) is 13.2 Å². The summed E-state index contributed by atoms with van der Waals surface area (Å²) in [5.41, 5.74) is 3.30. The zero-order chi connectivity index (χ0) is 14.3. The van der Waals surface area contributed by atoms with Crippen LogP contribution >= 0.6 is 0 Å². The van der Waals surface area contributed by atoms with E-state index < -0.39 is 9.84 Å². The first-order chi connectivity index (χ1) is 9.49. The highest BCUT2D eigenvalue weighted by atomic mass is 32.2. The Morgan fingerprint density at radius 3 is 2.35 bits per heavy atom. The molecule has 1 saturated heterocycles. The van der Waals surface area contributed by atoms with Crippen LogP contribution in [0.4, 0.5) is 0 Å². The summed E-state index contributed by atoms with van der Waals surface area (Å²) in [6.45, 7) is 2.63. The van der Waals surface area contributed by atoms with Gasteiger partial charge in [-0.15, -0.1) is 0 Å². The van der Waals surface area contributed by atoms with Gasteiger partial charge in [0.2, 0.25) is 5.91 Å². The van der Waals surface area contributed by atoms with Crippen LogP contribution in [0.15, 0.2) is 35.9 Å². The Bertz CT molecular complexity index is 662. The molecule has 1 aromatic carbocycles. The van der Waals surface area contributed by atoms with Gasteiger partial charge in [-0.05, 0) is 18.1 Å². The summed E-state index contributed by atoms with van der Waals surface area (Å²) in [4.78, 5) is 14.1. The predicted molar refractivity (Wildman–Crippen MR) is 77.8 cm³/mol. The molecule has 4 nitrogen and oxygen atoms in total. The monoisotopic (exact) mass is 291 g/mol. The third-order valence-corrected chi connectivity index (χ3v) is 5.66. The number of carbonyl (C=O) groups excluding carboxylic acids is 1. The van der Waals surface area contributed by atoms with Gasteiger partial charge in [-0.1, -0.05) is 35.9 Å². The summed E-state index contributed by atoms with van der Waals surface area (Å²) >= 11 is 0. The summed E-state index contributed by atoms with van der Waals surface area (Å²) in [6, 6.07) is 9.89. The van der Waals surface area contributed by atoms with E-state index in [2.05, 4.69) is 0 Å². The number of nitrogens with zero attached hydrogens (tertiary/aromatic N) is 1. The maximum Gasteiger partial charge on any atom is 0.234 e. The quantitative estimate of drug-likeness (QED) is 0.826. The van der Waals surface area contributed by atoms with Crippen molar-refractivity contribution in [1.82, 2.24) is 4.90 Å². The standard InChI is InChI=1S/C15H17NO3S/c1-11-13(12-5-3-2-4-6-12)14(11)15(17)16-7-9-20(18,19)10-8-16/h2-6,14H,7-10H2,1H3. The predicted octanol–water partition coefficient (Wildman–Crippen LogP) is 1.35. The highest BCUT2D eigenvalue weighted by Gasteiger charge is 2.42. The fraction of sp³-hybridized carbons (Fsp3) is 0.400. The van der Waals surface area contributed by atoms with Crippen molar-refractivity contribution in [3.8, 4) is 0 Å². The molecule has 1 unspecified atom stereocenters. The number of rotatable bonds is 2. The summed E-state index contributed by atoms with van der Waals surface area (Å²) in [6.07, 6.45) is 0.